The second-order valence-electron chi connectivity index (χ2n) is 7.49. The molecule has 3 aliphatic rings. The number of rotatable bonds is 1. The highest BCUT2D eigenvalue weighted by Crippen LogP contribution is 2.71. The van der Waals surface area contributed by atoms with Gasteiger partial charge in [-0.15, -0.1) is 0 Å². The van der Waals surface area contributed by atoms with Crippen molar-refractivity contribution in [3.8, 4) is 0 Å². The summed E-state index contributed by atoms with van der Waals surface area (Å²) in [6.07, 6.45) is 4.26. The van der Waals surface area contributed by atoms with Gasteiger partial charge in [-0.05, 0) is 54.3 Å². The van der Waals surface area contributed by atoms with Crippen LogP contribution in [0.3, 0.4) is 0 Å². The predicted molar refractivity (Wildman–Crippen MR) is 67.4 cm³/mol. The highest BCUT2D eigenvalue weighted by molar-refractivity contribution is 5.15. The fourth-order valence-electron chi connectivity index (χ4n) is 5.34. The molecule has 3 saturated carbocycles. The first-order valence-electron chi connectivity index (χ1n) is 7.25. The van der Waals surface area contributed by atoms with E-state index >= 15 is 0 Å². The van der Waals surface area contributed by atoms with E-state index in [1.54, 1.807) is 0 Å². The third-order valence-electron chi connectivity index (χ3n) is 6.46. The van der Waals surface area contributed by atoms with Gasteiger partial charge in [-0.3, -0.25) is 0 Å². The van der Waals surface area contributed by atoms with Crippen LogP contribution in [-0.2, 0) is 0 Å². The Bertz CT molecular complexity index is 325. The third kappa shape index (κ3) is 1.46. The van der Waals surface area contributed by atoms with Gasteiger partial charge in [-0.25, -0.2) is 0 Å². The van der Waals surface area contributed by atoms with Gasteiger partial charge in [0, 0.05) is 0 Å². The van der Waals surface area contributed by atoms with Crippen LogP contribution in [0.2, 0.25) is 0 Å². The molecule has 3 fully saturated rings. The van der Waals surface area contributed by atoms with E-state index in [1.165, 1.54) is 6.42 Å². The summed E-state index contributed by atoms with van der Waals surface area (Å²) in [6, 6.07) is 0. The molecule has 0 spiro atoms. The molecule has 0 bridgehead atoms. The summed E-state index contributed by atoms with van der Waals surface area (Å²) in [5.74, 6) is 3.31. The molecule has 0 unspecified atom stereocenters. The predicted octanol–water partition coefficient (Wildman–Crippen LogP) is 2.44. The summed E-state index contributed by atoms with van der Waals surface area (Å²) in [5.41, 5.74) is -0.294. The maximum Gasteiger partial charge on any atom is 0.0908 e. The van der Waals surface area contributed by atoms with E-state index in [0.717, 1.165) is 37.0 Å². The molecule has 3 aliphatic carbocycles. The van der Waals surface area contributed by atoms with Crippen molar-refractivity contribution >= 4 is 0 Å². The summed E-state index contributed by atoms with van der Waals surface area (Å²) in [5, 5.41) is 20.3. The van der Waals surface area contributed by atoms with E-state index < -0.39 is 5.60 Å². The molecule has 6 atom stereocenters. The molecule has 0 saturated heterocycles. The molecule has 3 rings (SSSR count). The second-order valence-corrected chi connectivity index (χ2v) is 7.49. The molecule has 0 amide bonds. The first-order chi connectivity index (χ1) is 7.92. The highest BCUT2D eigenvalue weighted by atomic mass is 16.3. The number of fused-ring (bicyclic) bond motifs is 3. The molecule has 0 aliphatic heterocycles. The number of aliphatic hydroxyl groups is 2. The zero-order chi connectivity index (χ0) is 12.4. The standard InChI is InChI=1S/C15H26O2/c1-9-4-5-10-12(9)13-11(14(13,2)3)6-7-15(10,17)8-16/h9-13,16-17H,4-8H2,1-3H3/t9-,10-,11-,12-,13-,15-/m1/s1. The lowest BCUT2D eigenvalue weighted by molar-refractivity contribution is -0.0830. The monoisotopic (exact) mass is 238 g/mol. The zero-order valence-electron chi connectivity index (χ0n) is 11.3. The zero-order valence-corrected chi connectivity index (χ0v) is 11.3. The van der Waals surface area contributed by atoms with Crippen LogP contribution in [0, 0.1) is 35.0 Å². The SMILES string of the molecule is C[C@@H]1CC[C@@H]2[C@@H]1[C@H]1[C@@H](CC[C@@]2(O)CO)C1(C)C. The Morgan fingerprint density at radius 1 is 1.12 bits per heavy atom. The summed E-state index contributed by atoms with van der Waals surface area (Å²) >= 11 is 0. The van der Waals surface area contributed by atoms with Gasteiger partial charge >= 0.3 is 0 Å². The lowest BCUT2D eigenvalue weighted by Crippen LogP contribution is -2.44. The Morgan fingerprint density at radius 3 is 2.47 bits per heavy atom. The molecule has 0 aromatic rings. The van der Waals surface area contributed by atoms with Crippen molar-refractivity contribution in [2.24, 2.45) is 35.0 Å². The summed E-state index contributed by atoms with van der Waals surface area (Å²) < 4.78 is 0. The molecule has 0 radical (unpaired) electrons. The molecular weight excluding hydrogens is 212 g/mol. The number of aliphatic hydroxyl groups excluding tert-OH is 1. The van der Waals surface area contributed by atoms with Crippen LogP contribution in [0.1, 0.15) is 46.5 Å². The molecule has 2 nitrogen and oxygen atoms in total. The summed E-state index contributed by atoms with van der Waals surface area (Å²) in [7, 11) is 0. The Balaban J connectivity index is 1.94. The van der Waals surface area contributed by atoms with Crippen molar-refractivity contribution in [2.45, 2.75) is 52.1 Å². The Kier molecular flexibility index (Phi) is 2.45. The molecular formula is C15H26O2. The molecule has 2 N–H and O–H groups in total. The Labute approximate surface area is 104 Å². The maximum atomic E-state index is 10.7. The van der Waals surface area contributed by atoms with E-state index in [-0.39, 0.29) is 6.61 Å². The van der Waals surface area contributed by atoms with Crippen molar-refractivity contribution in [1.29, 1.82) is 0 Å². The number of hydrogen-bond acceptors (Lipinski definition) is 2. The van der Waals surface area contributed by atoms with Gasteiger partial charge in [0.2, 0.25) is 0 Å². The molecule has 2 heteroatoms. The average Bonchev–Trinajstić information content (AvgIpc) is 2.65. The van der Waals surface area contributed by atoms with Crippen LogP contribution < -0.4 is 0 Å². The van der Waals surface area contributed by atoms with Gasteiger partial charge in [0.25, 0.3) is 0 Å². The fraction of sp³-hybridized carbons (Fsp3) is 1.00. The minimum Gasteiger partial charge on any atom is -0.393 e. The topological polar surface area (TPSA) is 40.5 Å². The Morgan fingerprint density at radius 2 is 1.82 bits per heavy atom. The lowest BCUT2D eigenvalue weighted by atomic mass is 9.74. The Hall–Kier alpha value is -0.0800. The largest absolute Gasteiger partial charge is 0.393 e. The third-order valence-corrected chi connectivity index (χ3v) is 6.46. The van der Waals surface area contributed by atoms with Crippen molar-refractivity contribution in [3.05, 3.63) is 0 Å². The van der Waals surface area contributed by atoms with Gasteiger partial charge in [0.15, 0.2) is 0 Å². The molecule has 98 valence electrons. The van der Waals surface area contributed by atoms with Crippen LogP contribution in [0.15, 0.2) is 0 Å². The fourth-order valence-corrected chi connectivity index (χ4v) is 5.34. The van der Waals surface area contributed by atoms with Crippen molar-refractivity contribution in [3.63, 3.8) is 0 Å². The van der Waals surface area contributed by atoms with Gasteiger partial charge in [-0.2, -0.15) is 0 Å². The minimum atomic E-state index is -0.779. The van der Waals surface area contributed by atoms with E-state index in [1.807, 2.05) is 0 Å². The van der Waals surface area contributed by atoms with Crippen LogP contribution >= 0.6 is 0 Å². The van der Waals surface area contributed by atoms with Crippen molar-refractivity contribution < 1.29 is 10.2 Å². The van der Waals surface area contributed by atoms with Crippen LogP contribution in [0.25, 0.3) is 0 Å². The summed E-state index contributed by atoms with van der Waals surface area (Å²) in [4.78, 5) is 0. The van der Waals surface area contributed by atoms with E-state index in [2.05, 4.69) is 20.8 Å². The highest BCUT2D eigenvalue weighted by Gasteiger charge is 2.67. The van der Waals surface area contributed by atoms with Gasteiger partial charge < -0.3 is 10.2 Å². The lowest BCUT2D eigenvalue weighted by Gasteiger charge is -2.37. The normalized spacial score (nSPS) is 55.9. The molecule has 17 heavy (non-hydrogen) atoms. The van der Waals surface area contributed by atoms with Gasteiger partial charge in [0.1, 0.15) is 0 Å². The van der Waals surface area contributed by atoms with Crippen molar-refractivity contribution in [2.75, 3.05) is 6.61 Å². The molecule has 0 aromatic heterocycles. The number of hydrogen-bond donors (Lipinski definition) is 2. The van der Waals surface area contributed by atoms with Gasteiger partial charge in [-0.1, -0.05) is 27.2 Å². The second kappa shape index (κ2) is 3.48. The molecule has 0 aromatic carbocycles. The average molecular weight is 238 g/mol. The first kappa shape index (κ1) is 12.0. The minimum absolute atomic E-state index is 0.0409. The van der Waals surface area contributed by atoms with Crippen LogP contribution in [0.5, 0.6) is 0 Å². The van der Waals surface area contributed by atoms with Crippen LogP contribution in [0.4, 0.5) is 0 Å². The van der Waals surface area contributed by atoms with E-state index in [9.17, 15) is 10.2 Å². The van der Waals surface area contributed by atoms with Gasteiger partial charge in [0.05, 0.1) is 12.2 Å². The summed E-state index contributed by atoms with van der Waals surface area (Å²) in [6.45, 7) is 7.10. The van der Waals surface area contributed by atoms with Crippen LogP contribution in [-0.4, -0.2) is 22.4 Å². The van der Waals surface area contributed by atoms with Crippen molar-refractivity contribution in [1.82, 2.24) is 0 Å². The molecule has 0 heterocycles. The smallest absolute Gasteiger partial charge is 0.0908 e. The van der Waals surface area contributed by atoms with E-state index in [4.69, 9.17) is 0 Å². The first-order valence-corrected chi connectivity index (χ1v) is 7.25. The van der Waals surface area contributed by atoms with E-state index in [0.29, 0.717) is 17.3 Å². The quantitative estimate of drug-likeness (QED) is 0.736. The maximum absolute atomic E-state index is 10.7.